The average molecular weight is 521 g/mol. The Hall–Kier alpha value is -1.61. The highest BCUT2D eigenvalue weighted by atomic mass is 127. The number of aliphatic imine (C=N–C) groups is 1. The number of nitrogens with one attached hydrogen (secondary N) is 1. The lowest BCUT2D eigenvalue weighted by atomic mass is 9.46. The van der Waals surface area contributed by atoms with Gasteiger partial charge in [-0.25, -0.2) is 4.68 Å². The Kier molecular flexibility index (Phi) is 6.39. The highest BCUT2D eigenvalue weighted by Gasteiger charge is 2.66. The Labute approximate surface area is 196 Å². The molecule has 2 saturated carbocycles. The number of benzene rings is 1. The van der Waals surface area contributed by atoms with Gasteiger partial charge in [0.15, 0.2) is 5.96 Å². The third-order valence-electron chi connectivity index (χ3n) is 7.07. The van der Waals surface area contributed by atoms with Crippen LogP contribution < -0.4 is 5.32 Å². The second kappa shape index (κ2) is 8.86. The number of aromatic nitrogens is 2. The van der Waals surface area contributed by atoms with Gasteiger partial charge in [-0.2, -0.15) is 5.10 Å². The molecule has 7 heteroatoms. The van der Waals surface area contributed by atoms with Crippen LogP contribution in [-0.4, -0.2) is 53.0 Å². The second-order valence-corrected chi connectivity index (χ2v) is 8.74. The molecule has 0 radical (unpaired) electrons. The van der Waals surface area contributed by atoms with Gasteiger partial charge in [0.1, 0.15) is 0 Å². The summed E-state index contributed by atoms with van der Waals surface area (Å²) >= 11 is 0. The van der Waals surface area contributed by atoms with Gasteiger partial charge in [-0.05, 0) is 38.3 Å². The molecule has 0 amide bonds. The summed E-state index contributed by atoms with van der Waals surface area (Å²) in [6.07, 6.45) is 9.62. The maximum Gasteiger partial charge on any atom is 0.194 e. The zero-order valence-corrected chi connectivity index (χ0v) is 20.2. The van der Waals surface area contributed by atoms with Gasteiger partial charge in [-0.15, -0.1) is 24.0 Å². The number of ether oxygens (including phenoxy) is 1. The van der Waals surface area contributed by atoms with Crippen LogP contribution >= 0.6 is 24.0 Å². The van der Waals surface area contributed by atoms with Crippen molar-refractivity contribution in [2.24, 2.45) is 16.3 Å². The molecule has 2 heterocycles. The lowest BCUT2D eigenvalue weighted by Gasteiger charge is -2.63. The Morgan fingerprint density at radius 3 is 2.83 bits per heavy atom. The molecule has 3 fully saturated rings. The monoisotopic (exact) mass is 521 g/mol. The minimum atomic E-state index is 0. The first-order valence-corrected chi connectivity index (χ1v) is 10.9. The first-order valence-electron chi connectivity index (χ1n) is 10.9. The van der Waals surface area contributed by atoms with Crippen molar-refractivity contribution in [3.05, 3.63) is 48.3 Å². The Balaban J connectivity index is 0.00000218. The largest absolute Gasteiger partial charge is 0.377 e. The molecular weight excluding hydrogens is 489 g/mol. The fraction of sp³-hybridized carbons (Fsp3) is 0.565. The van der Waals surface area contributed by atoms with Gasteiger partial charge in [0.05, 0.1) is 18.0 Å². The van der Waals surface area contributed by atoms with Crippen LogP contribution in [0.5, 0.6) is 0 Å². The number of guanidine groups is 1. The van der Waals surface area contributed by atoms with Gasteiger partial charge in [0.25, 0.3) is 0 Å². The van der Waals surface area contributed by atoms with Gasteiger partial charge >= 0.3 is 0 Å². The molecule has 3 atom stereocenters. The quantitative estimate of drug-likeness (QED) is 0.369. The first kappa shape index (κ1) is 21.6. The van der Waals surface area contributed by atoms with Gasteiger partial charge in [-0.1, -0.05) is 24.6 Å². The molecule has 3 unspecified atom stereocenters. The van der Waals surface area contributed by atoms with Gasteiger partial charge < -0.3 is 15.0 Å². The number of fused-ring (bicyclic) bond motifs is 2. The molecule has 1 aromatic carbocycles. The lowest BCUT2D eigenvalue weighted by Crippen LogP contribution is -2.72. The van der Waals surface area contributed by atoms with Crippen LogP contribution in [0, 0.1) is 11.3 Å². The molecule has 0 bridgehead atoms. The van der Waals surface area contributed by atoms with Crippen LogP contribution in [0.3, 0.4) is 0 Å². The van der Waals surface area contributed by atoms with E-state index >= 15 is 0 Å². The third kappa shape index (κ3) is 3.64. The van der Waals surface area contributed by atoms with Crippen molar-refractivity contribution in [3.63, 3.8) is 0 Å². The van der Waals surface area contributed by atoms with E-state index in [-0.39, 0.29) is 24.0 Å². The Morgan fingerprint density at radius 2 is 2.13 bits per heavy atom. The van der Waals surface area contributed by atoms with Crippen LogP contribution in [0.1, 0.15) is 38.2 Å². The predicted octanol–water partition coefficient (Wildman–Crippen LogP) is 3.85. The molecular formula is C23H32IN5O. The maximum absolute atomic E-state index is 6.08. The predicted molar refractivity (Wildman–Crippen MR) is 129 cm³/mol. The smallest absolute Gasteiger partial charge is 0.194 e. The molecule has 1 N–H and O–H groups in total. The summed E-state index contributed by atoms with van der Waals surface area (Å²) in [6.45, 7) is 4.58. The van der Waals surface area contributed by atoms with E-state index in [1.807, 2.05) is 29.1 Å². The zero-order valence-electron chi connectivity index (χ0n) is 17.8. The summed E-state index contributed by atoms with van der Waals surface area (Å²) in [6, 6.07) is 10.7. The van der Waals surface area contributed by atoms with E-state index in [1.54, 1.807) is 0 Å². The van der Waals surface area contributed by atoms with E-state index in [4.69, 9.17) is 9.73 Å². The fourth-order valence-corrected chi connectivity index (χ4v) is 5.53. The van der Waals surface area contributed by atoms with Crippen LogP contribution in [0.4, 0.5) is 0 Å². The highest BCUT2D eigenvalue weighted by molar-refractivity contribution is 14.0. The average Bonchev–Trinajstić information content (AvgIpc) is 3.33. The standard InChI is InChI=1S/C23H31N5O.HI/c1-3-24-22(26-20-19-10-13-29-21(19)23(20)11-7-12-23)27(2)15-17-14-25-28(16-17)18-8-5-4-6-9-18;/h4-6,8-9,14,16,19-21H,3,7,10-13,15H2,1-2H3,(H,24,26);1H. The minimum absolute atomic E-state index is 0. The molecule has 1 spiro atoms. The number of halogens is 1. The van der Waals surface area contributed by atoms with Crippen LogP contribution in [0.25, 0.3) is 5.69 Å². The normalized spacial score (nSPS) is 26.3. The van der Waals surface area contributed by atoms with E-state index in [1.165, 1.54) is 31.2 Å². The SMILES string of the molecule is CCN=C(NC1C2CCOC2C12CCC2)N(C)Cc1cnn(-c2ccccc2)c1.I. The summed E-state index contributed by atoms with van der Waals surface area (Å²) < 4.78 is 8.01. The molecule has 2 aromatic rings. The van der Waals surface area contributed by atoms with E-state index in [2.05, 4.69) is 47.6 Å². The topological polar surface area (TPSA) is 54.7 Å². The van der Waals surface area contributed by atoms with Gasteiger partial charge in [0, 0.05) is 55.9 Å². The molecule has 1 saturated heterocycles. The molecule has 30 heavy (non-hydrogen) atoms. The minimum Gasteiger partial charge on any atom is -0.377 e. The zero-order chi connectivity index (χ0) is 19.8. The van der Waals surface area contributed by atoms with Crippen LogP contribution in [0.15, 0.2) is 47.7 Å². The Morgan fingerprint density at radius 1 is 1.33 bits per heavy atom. The summed E-state index contributed by atoms with van der Waals surface area (Å²) in [4.78, 5) is 7.04. The first-order chi connectivity index (χ1) is 14.2. The summed E-state index contributed by atoms with van der Waals surface area (Å²) in [7, 11) is 2.12. The number of hydrogen-bond acceptors (Lipinski definition) is 3. The summed E-state index contributed by atoms with van der Waals surface area (Å²) in [5, 5.41) is 8.38. The van der Waals surface area contributed by atoms with E-state index < -0.39 is 0 Å². The van der Waals surface area contributed by atoms with Crippen molar-refractivity contribution >= 4 is 29.9 Å². The highest BCUT2D eigenvalue weighted by Crippen LogP contribution is 2.62. The molecule has 1 aromatic heterocycles. The van der Waals surface area contributed by atoms with Crippen molar-refractivity contribution < 1.29 is 4.74 Å². The molecule has 1 aliphatic heterocycles. The number of para-hydroxylation sites is 1. The molecule has 162 valence electrons. The second-order valence-electron chi connectivity index (χ2n) is 8.74. The lowest BCUT2D eigenvalue weighted by molar-refractivity contribution is -0.171. The number of nitrogens with zero attached hydrogens (tertiary/aromatic N) is 4. The fourth-order valence-electron chi connectivity index (χ4n) is 5.53. The molecule has 2 aliphatic carbocycles. The van der Waals surface area contributed by atoms with Crippen LogP contribution in [0.2, 0.25) is 0 Å². The van der Waals surface area contributed by atoms with Crippen molar-refractivity contribution in [3.8, 4) is 5.69 Å². The molecule has 5 rings (SSSR count). The molecule has 6 nitrogen and oxygen atoms in total. The summed E-state index contributed by atoms with van der Waals surface area (Å²) in [5.41, 5.74) is 2.61. The van der Waals surface area contributed by atoms with E-state index in [0.717, 1.165) is 31.3 Å². The van der Waals surface area contributed by atoms with Crippen molar-refractivity contribution in [2.45, 2.75) is 51.3 Å². The third-order valence-corrected chi connectivity index (χ3v) is 7.07. The van der Waals surface area contributed by atoms with Gasteiger partial charge in [0.2, 0.25) is 0 Å². The van der Waals surface area contributed by atoms with Crippen molar-refractivity contribution in [1.82, 2.24) is 20.0 Å². The van der Waals surface area contributed by atoms with E-state index in [9.17, 15) is 0 Å². The van der Waals surface area contributed by atoms with Crippen molar-refractivity contribution in [2.75, 3.05) is 20.2 Å². The number of rotatable bonds is 5. The van der Waals surface area contributed by atoms with Gasteiger partial charge in [-0.3, -0.25) is 4.99 Å². The van der Waals surface area contributed by atoms with Crippen molar-refractivity contribution in [1.29, 1.82) is 0 Å². The Bertz CT molecular complexity index is 879. The number of hydrogen-bond donors (Lipinski definition) is 1. The van der Waals surface area contributed by atoms with Crippen LogP contribution in [-0.2, 0) is 11.3 Å². The molecule has 3 aliphatic rings. The van der Waals surface area contributed by atoms with E-state index in [0.29, 0.717) is 23.5 Å². The maximum atomic E-state index is 6.08. The summed E-state index contributed by atoms with van der Waals surface area (Å²) in [5.74, 6) is 1.65.